The summed E-state index contributed by atoms with van der Waals surface area (Å²) >= 11 is 1.53. The smallest absolute Gasteiger partial charge is 0.175 e. The quantitative estimate of drug-likeness (QED) is 0.368. The first-order valence-corrected chi connectivity index (χ1v) is 9.27. The van der Waals surface area contributed by atoms with Crippen LogP contribution < -0.4 is 10.6 Å². The molecule has 116 valence electrons. The Balaban J connectivity index is 2.57. The molecule has 1 saturated heterocycles. The summed E-state index contributed by atoms with van der Waals surface area (Å²) in [6, 6.07) is 4.23. The predicted molar refractivity (Wildman–Crippen MR) is 82.2 cm³/mol. The first kappa shape index (κ1) is 15.9. The van der Waals surface area contributed by atoms with Crippen molar-refractivity contribution in [3.8, 4) is 0 Å². The van der Waals surface area contributed by atoms with Gasteiger partial charge in [0.15, 0.2) is 15.7 Å². The van der Waals surface area contributed by atoms with E-state index in [9.17, 15) is 12.8 Å². The van der Waals surface area contributed by atoms with Gasteiger partial charge >= 0.3 is 0 Å². The summed E-state index contributed by atoms with van der Waals surface area (Å²) in [5.74, 6) is 0.0742. The highest BCUT2D eigenvalue weighted by Crippen LogP contribution is 2.30. The first-order valence-electron chi connectivity index (χ1n) is 6.16. The van der Waals surface area contributed by atoms with Crippen LogP contribution in [0.3, 0.4) is 0 Å². The van der Waals surface area contributed by atoms with Gasteiger partial charge in [0, 0.05) is 24.3 Å². The molecule has 0 amide bonds. The van der Waals surface area contributed by atoms with Crippen LogP contribution >= 0.6 is 11.8 Å². The maximum absolute atomic E-state index is 14.0. The fourth-order valence-corrected chi connectivity index (χ4v) is 5.10. The number of hydrogen-bond donors (Lipinski definition) is 2. The van der Waals surface area contributed by atoms with Gasteiger partial charge < -0.3 is 15.8 Å². The number of thioether (sulfide) groups is 1. The molecule has 0 saturated carbocycles. The van der Waals surface area contributed by atoms with E-state index in [-0.39, 0.29) is 11.4 Å². The zero-order valence-corrected chi connectivity index (χ0v) is 13.0. The van der Waals surface area contributed by atoms with Crippen LogP contribution in [0.2, 0.25) is 0 Å². The molecular weight excluding hydrogens is 317 g/mol. The number of oxime groups is 1. The SMILES string of the molecule is CS(=O)(=O)C1CSCCN1c1cccc(F)c1C(N)=NO. The van der Waals surface area contributed by atoms with Gasteiger partial charge in [-0.2, -0.15) is 11.8 Å². The van der Waals surface area contributed by atoms with Crippen molar-refractivity contribution in [3.05, 3.63) is 29.6 Å². The molecule has 0 aromatic heterocycles. The van der Waals surface area contributed by atoms with Gasteiger partial charge in [0.2, 0.25) is 0 Å². The third kappa shape index (κ3) is 3.24. The number of amidine groups is 1. The van der Waals surface area contributed by atoms with Crippen LogP contribution in [0.1, 0.15) is 5.56 Å². The molecule has 2 rings (SSSR count). The highest BCUT2D eigenvalue weighted by Gasteiger charge is 2.33. The molecule has 0 bridgehead atoms. The van der Waals surface area contributed by atoms with Crippen molar-refractivity contribution in [2.24, 2.45) is 10.9 Å². The molecule has 0 radical (unpaired) electrons. The van der Waals surface area contributed by atoms with Crippen LogP contribution in [0.5, 0.6) is 0 Å². The number of nitrogens with zero attached hydrogens (tertiary/aromatic N) is 2. The molecule has 1 atom stereocenters. The fourth-order valence-electron chi connectivity index (χ4n) is 2.27. The number of halogens is 1. The van der Waals surface area contributed by atoms with E-state index in [1.807, 2.05) is 0 Å². The highest BCUT2D eigenvalue weighted by atomic mass is 32.2. The first-order chi connectivity index (χ1) is 9.86. The second kappa shape index (κ2) is 6.10. The summed E-state index contributed by atoms with van der Waals surface area (Å²) in [7, 11) is -3.35. The highest BCUT2D eigenvalue weighted by molar-refractivity contribution is 8.01. The average Bonchev–Trinajstić information content (AvgIpc) is 2.45. The van der Waals surface area contributed by atoms with Gasteiger partial charge in [-0.25, -0.2) is 12.8 Å². The Labute approximate surface area is 126 Å². The molecular formula is C12H16FN3O3S2. The summed E-state index contributed by atoms with van der Waals surface area (Å²) in [4.78, 5) is 1.60. The summed E-state index contributed by atoms with van der Waals surface area (Å²) in [6.45, 7) is 0.442. The van der Waals surface area contributed by atoms with Crippen molar-refractivity contribution in [3.63, 3.8) is 0 Å². The molecule has 1 heterocycles. The molecule has 1 unspecified atom stereocenters. The minimum atomic E-state index is -3.35. The standard InChI is InChI=1S/C12H16FN3O3S2/c1-21(18,19)10-7-20-6-5-16(10)9-4-2-3-8(13)11(9)12(14)15-17/h2-4,10,17H,5-7H2,1H3,(H2,14,15). The van der Waals surface area contributed by atoms with Gasteiger partial charge in [-0.3, -0.25) is 0 Å². The topological polar surface area (TPSA) is 96.0 Å². The van der Waals surface area contributed by atoms with Crippen LogP contribution in [-0.2, 0) is 9.84 Å². The predicted octanol–water partition coefficient (Wildman–Crippen LogP) is 0.844. The molecule has 21 heavy (non-hydrogen) atoms. The summed E-state index contributed by atoms with van der Waals surface area (Å²) in [5.41, 5.74) is 5.77. The number of hydrogen-bond acceptors (Lipinski definition) is 6. The number of anilines is 1. The van der Waals surface area contributed by atoms with Crippen molar-refractivity contribution in [2.75, 3.05) is 29.2 Å². The van der Waals surface area contributed by atoms with Crippen molar-refractivity contribution < 1.29 is 18.0 Å². The number of sulfone groups is 1. The Morgan fingerprint density at radius 3 is 2.90 bits per heavy atom. The number of rotatable bonds is 3. The lowest BCUT2D eigenvalue weighted by atomic mass is 10.1. The van der Waals surface area contributed by atoms with Gasteiger partial charge in [-0.05, 0) is 12.1 Å². The molecule has 1 aliphatic rings. The molecule has 9 heteroatoms. The molecule has 1 aromatic rings. The van der Waals surface area contributed by atoms with E-state index < -0.39 is 21.0 Å². The molecule has 0 spiro atoms. The van der Waals surface area contributed by atoms with E-state index in [4.69, 9.17) is 10.9 Å². The maximum atomic E-state index is 14.0. The molecule has 6 nitrogen and oxygen atoms in total. The largest absolute Gasteiger partial charge is 0.409 e. The van der Waals surface area contributed by atoms with Crippen LogP contribution in [0.4, 0.5) is 10.1 Å². The van der Waals surface area contributed by atoms with E-state index in [2.05, 4.69) is 5.16 Å². The normalized spacial score (nSPS) is 20.6. The van der Waals surface area contributed by atoms with Gasteiger partial charge in [0.05, 0.1) is 11.3 Å². The Morgan fingerprint density at radius 2 is 2.29 bits per heavy atom. The van der Waals surface area contributed by atoms with Gasteiger partial charge in [0.25, 0.3) is 0 Å². The Hall–Kier alpha value is -1.48. The second-order valence-electron chi connectivity index (χ2n) is 4.67. The van der Waals surface area contributed by atoms with Crippen LogP contribution in [0, 0.1) is 5.82 Å². The summed E-state index contributed by atoms with van der Waals surface area (Å²) < 4.78 is 37.9. The van der Waals surface area contributed by atoms with Gasteiger partial charge in [0.1, 0.15) is 11.2 Å². The van der Waals surface area contributed by atoms with Crippen molar-refractivity contribution in [2.45, 2.75) is 5.37 Å². The fraction of sp³-hybridized carbons (Fsp3) is 0.417. The Morgan fingerprint density at radius 1 is 1.57 bits per heavy atom. The van der Waals surface area contributed by atoms with Crippen molar-refractivity contribution >= 4 is 33.1 Å². The third-order valence-electron chi connectivity index (χ3n) is 3.24. The Bertz CT molecular complexity index is 664. The number of nitrogens with two attached hydrogens (primary N) is 1. The van der Waals surface area contributed by atoms with Gasteiger partial charge in [-0.15, -0.1) is 0 Å². The maximum Gasteiger partial charge on any atom is 0.175 e. The lowest BCUT2D eigenvalue weighted by Crippen LogP contribution is -2.47. The van der Waals surface area contributed by atoms with E-state index in [1.54, 1.807) is 11.0 Å². The molecule has 1 aliphatic heterocycles. The van der Waals surface area contributed by atoms with Gasteiger partial charge in [-0.1, -0.05) is 11.2 Å². The third-order valence-corrected chi connectivity index (χ3v) is 5.89. The van der Waals surface area contributed by atoms with Crippen molar-refractivity contribution in [1.82, 2.24) is 0 Å². The molecule has 1 aromatic carbocycles. The van der Waals surface area contributed by atoms with E-state index in [1.165, 1.54) is 23.9 Å². The Kier molecular flexibility index (Phi) is 4.62. The monoisotopic (exact) mass is 333 g/mol. The zero-order valence-electron chi connectivity index (χ0n) is 11.4. The van der Waals surface area contributed by atoms with Crippen molar-refractivity contribution in [1.29, 1.82) is 0 Å². The lowest BCUT2D eigenvalue weighted by Gasteiger charge is -2.36. The van der Waals surface area contributed by atoms with E-state index >= 15 is 0 Å². The van der Waals surface area contributed by atoms with E-state index in [0.717, 1.165) is 12.0 Å². The van der Waals surface area contributed by atoms with Crippen LogP contribution in [0.25, 0.3) is 0 Å². The minimum absolute atomic E-state index is 0.0828. The average molecular weight is 333 g/mol. The number of benzene rings is 1. The summed E-state index contributed by atoms with van der Waals surface area (Å²) in [5, 5.41) is 10.9. The molecule has 3 N–H and O–H groups in total. The van der Waals surface area contributed by atoms with E-state index in [0.29, 0.717) is 18.0 Å². The zero-order chi connectivity index (χ0) is 15.6. The lowest BCUT2D eigenvalue weighted by molar-refractivity contribution is 0.318. The van der Waals surface area contributed by atoms with Crippen LogP contribution in [0.15, 0.2) is 23.4 Å². The summed E-state index contributed by atoms with van der Waals surface area (Å²) in [6.07, 6.45) is 1.15. The molecule has 1 fully saturated rings. The second-order valence-corrected chi connectivity index (χ2v) is 8.02. The minimum Gasteiger partial charge on any atom is -0.409 e. The van der Waals surface area contributed by atoms with Crippen LogP contribution in [-0.4, -0.2) is 49.1 Å². The molecule has 0 aliphatic carbocycles.